The van der Waals surface area contributed by atoms with Crippen molar-refractivity contribution in [3.8, 4) is 11.5 Å². The molecule has 4 nitrogen and oxygen atoms in total. The smallest absolute Gasteiger partial charge is 0.258 e. The molecule has 0 radical (unpaired) electrons. The standard InChI is InChI=1S/C11H12N2O2/c1-7-3-8(2)5-9(4-7)11-12-10(6-14)13-15-11/h3-5,14H,6H2,1-2H3. The molecule has 0 aliphatic heterocycles. The van der Waals surface area contributed by atoms with Crippen LogP contribution in [0.25, 0.3) is 11.5 Å². The highest BCUT2D eigenvalue weighted by Crippen LogP contribution is 2.20. The van der Waals surface area contributed by atoms with Crippen LogP contribution in [0.15, 0.2) is 22.7 Å². The summed E-state index contributed by atoms with van der Waals surface area (Å²) in [6.07, 6.45) is 0. The van der Waals surface area contributed by atoms with E-state index in [1.165, 1.54) is 0 Å². The number of hydrogen-bond donors (Lipinski definition) is 1. The zero-order chi connectivity index (χ0) is 10.8. The summed E-state index contributed by atoms with van der Waals surface area (Å²) in [5.41, 5.74) is 3.18. The van der Waals surface area contributed by atoms with Crippen molar-refractivity contribution < 1.29 is 9.63 Å². The van der Waals surface area contributed by atoms with Gasteiger partial charge < -0.3 is 9.63 Å². The predicted octanol–water partition coefficient (Wildman–Crippen LogP) is 1.85. The van der Waals surface area contributed by atoms with Gasteiger partial charge in [0.15, 0.2) is 5.82 Å². The third-order valence-corrected chi connectivity index (χ3v) is 2.08. The van der Waals surface area contributed by atoms with Crippen LogP contribution in [0, 0.1) is 13.8 Å². The minimum Gasteiger partial charge on any atom is -0.388 e. The molecule has 0 fully saturated rings. The summed E-state index contributed by atoms with van der Waals surface area (Å²) in [6, 6.07) is 6.02. The monoisotopic (exact) mass is 204 g/mol. The van der Waals surface area contributed by atoms with E-state index in [1.54, 1.807) is 0 Å². The van der Waals surface area contributed by atoms with Gasteiger partial charge in [-0.1, -0.05) is 22.3 Å². The summed E-state index contributed by atoms with van der Waals surface area (Å²) < 4.78 is 5.03. The van der Waals surface area contributed by atoms with Crippen molar-refractivity contribution in [3.05, 3.63) is 35.2 Å². The maximum absolute atomic E-state index is 8.82. The molecule has 0 aliphatic carbocycles. The number of aromatic nitrogens is 2. The second-order valence-corrected chi connectivity index (χ2v) is 3.55. The van der Waals surface area contributed by atoms with Gasteiger partial charge in [-0.25, -0.2) is 0 Å². The van der Waals surface area contributed by atoms with Crippen molar-refractivity contribution in [1.29, 1.82) is 0 Å². The van der Waals surface area contributed by atoms with E-state index in [1.807, 2.05) is 26.0 Å². The molecule has 4 heteroatoms. The number of rotatable bonds is 2. The van der Waals surface area contributed by atoms with Crippen molar-refractivity contribution in [3.63, 3.8) is 0 Å². The lowest BCUT2D eigenvalue weighted by Gasteiger charge is -1.99. The quantitative estimate of drug-likeness (QED) is 0.810. The first-order valence-electron chi connectivity index (χ1n) is 4.71. The van der Waals surface area contributed by atoms with Gasteiger partial charge in [0.05, 0.1) is 0 Å². The molecule has 1 N–H and O–H groups in total. The zero-order valence-electron chi connectivity index (χ0n) is 8.69. The van der Waals surface area contributed by atoms with Gasteiger partial charge in [-0.05, 0) is 26.0 Å². The van der Waals surface area contributed by atoms with Crippen molar-refractivity contribution in [2.24, 2.45) is 0 Å². The Kier molecular flexibility index (Phi) is 2.51. The summed E-state index contributed by atoms with van der Waals surface area (Å²) >= 11 is 0. The van der Waals surface area contributed by atoms with E-state index < -0.39 is 0 Å². The number of hydrogen-bond acceptors (Lipinski definition) is 4. The minimum atomic E-state index is -0.200. The number of aliphatic hydroxyl groups excluding tert-OH is 1. The van der Waals surface area contributed by atoms with Crippen LogP contribution < -0.4 is 0 Å². The molecule has 0 unspecified atom stereocenters. The second-order valence-electron chi connectivity index (χ2n) is 3.55. The van der Waals surface area contributed by atoms with Crippen LogP contribution in [0.4, 0.5) is 0 Å². The van der Waals surface area contributed by atoms with Gasteiger partial charge in [0.1, 0.15) is 6.61 Å². The van der Waals surface area contributed by atoms with Gasteiger partial charge in [-0.3, -0.25) is 0 Å². The van der Waals surface area contributed by atoms with E-state index in [-0.39, 0.29) is 6.61 Å². The Bertz CT molecular complexity index is 457. The first kappa shape index (κ1) is 9.86. The minimum absolute atomic E-state index is 0.200. The number of nitrogens with zero attached hydrogens (tertiary/aromatic N) is 2. The fraction of sp³-hybridized carbons (Fsp3) is 0.273. The van der Waals surface area contributed by atoms with Crippen molar-refractivity contribution in [2.45, 2.75) is 20.5 Å². The average Bonchev–Trinajstić information content (AvgIpc) is 2.64. The maximum Gasteiger partial charge on any atom is 0.258 e. The van der Waals surface area contributed by atoms with Crippen LogP contribution >= 0.6 is 0 Å². The first-order valence-corrected chi connectivity index (χ1v) is 4.71. The van der Waals surface area contributed by atoms with Gasteiger partial charge in [-0.2, -0.15) is 4.98 Å². The molecular weight excluding hydrogens is 192 g/mol. The lowest BCUT2D eigenvalue weighted by molar-refractivity contribution is 0.264. The van der Waals surface area contributed by atoms with Gasteiger partial charge in [0.25, 0.3) is 5.89 Å². The lowest BCUT2D eigenvalue weighted by Crippen LogP contribution is -1.86. The molecule has 2 aromatic rings. The van der Waals surface area contributed by atoms with Crippen LogP contribution in [-0.4, -0.2) is 15.2 Å². The van der Waals surface area contributed by atoms with Crippen molar-refractivity contribution >= 4 is 0 Å². The Morgan fingerprint density at radius 2 is 1.87 bits per heavy atom. The Hall–Kier alpha value is -1.68. The van der Waals surface area contributed by atoms with E-state index in [9.17, 15) is 0 Å². The molecule has 0 bridgehead atoms. The Morgan fingerprint density at radius 3 is 2.40 bits per heavy atom. The maximum atomic E-state index is 8.82. The highest BCUT2D eigenvalue weighted by atomic mass is 16.5. The van der Waals surface area contributed by atoms with E-state index in [0.717, 1.165) is 16.7 Å². The number of benzene rings is 1. The molecule has 1 heterocycles. The molecule has 1 aromatic heterocycles. The third kappa shape index (κ3) is 2.05. The van der Waals surface area contributed by atoms with Crippen LogP contribution in [0.3, 0.4) is 0 Å². The van der Waals surface area contributed by atoms with Crippen LogP contribution in [0.2, 0.25) is 0 Å². The summed E-state index contributed by atoms with van der Waals surface area (Å²) in [7, 11) is 0. The van der Waals surface area contributed by atoms with Crippen molar-refractivity contribution in [2.75, 3.05) is 0 Å². The average molecular weight is 204 g/mol. The molecule has 15 heavy (non-hydrogen) atoms. The van der Waals surface area contributed by atoms with Crippen LogP contribution in [0.1, 0.15) is 17.0 Å². The Balaban J connectivity index is 2.44. The normalized spacial score (nSPS) is 10.6. The molecule has 0 saturated heterocycles. The Labute approximate surface area is 87.6 Å². The van der Waals surface area contributed by atoms with Crippen molar-refractivity contribution in [1.82, 2.24) is 10.1 Å². The zero-order valence-corrected chi connectivity index (χ0v) is 8.69. The molecule has 0 aliphatic rings. The highest BCUT2D eigenvalue weighted by molar-refractivity contribution is 5.55. The molecule has 1 aromatic carbocycles. The number of aliphatic hydroxyl groups is 1. The molecule has 0 spiro atoms. The molecular formula is C11H12N2O2. The SMILES string of the molecule is Cc1cc(C)cc(-c2nc(CO)no2)c1. The van der Waals surface area contributed by atoms with Gasteiger partial charge in [0, 0.05) is 5.56 Å². The van der Waals surface area contributed by atoms with Gasteiger partial charge in [-0.15, -0.1) is 0 Å². The molecule has 0 saturated carbocycles. The Morgan fingerprint density at radius 1 is 1.20 bits per heavy atom. The topological polar surface area (TPSA) is 59.2 Å². The summed E-state index contributed by atoms with van der Waals surface area (Å²) in [5, 5.41) is 12.5. The molecule has 0 atom stereocenters. The van der Waals surface area contributed by atoms with Crippen LogP contribution in [-0.2, 0) is 6.61 Å². The predicted molar refractivity (Wildman–Crippen MR) is 55.1 cm³/mol. The largest absolute Gasteiger partial charge is 0.388 e. The summed E-state index contributed by atoms with van der Waals surface area (Å²) in [5.74, 6) is 0.759. The first-order chi connectivity index (χ1) is 7.19. The highest BCUT2D eigenvalue weighted by Gasteiger charge is 2.08. The molecule has 2 rings (SSSR count). The van der Waals surface area contributed by atoms with Gasteiger partial charge in [0.2, 0.25) is 0 Å². The number of aryl methyl sites for hydroxylation is 2. The fourth-order valence-electron chi connectivity index (χ4n) is 1.53. The van der Waals surface area contributed by atoms with E-state index in [2.05, 4.69) is 16.2 Å². The van der Waals surface area contributed by atoms with E-state index in [0.29, 0.717) is 11.7 Å². The molecule has 78 valence electrons. The summed E-state index contributed by atoms with van der Waals surface area (Å²) in [4.78, 5) is 4.05. The molecule has 0 amide bonds. The van der Waals surface area contributed by atoms with E-state index >= 15 is 0 Å². The van der Waals surface area contributed by atoms with Crippen LogP contribution in [0.5, 0.6) is 0 Å². The fourth-order valence-corrected chi connectivity index (χ4v) is 1.53. The third-order valence-electron chi connectivity index (χ3n) is 2.08. The van der Waals surface area contributed by atoms with Gasteiger partial charge >= 0.3 is 0 Å². The lowest BCUT2D eigenvalue weighted by atomic mass is 10.1. The van der Waals surface area contributed by atoms with E-state index in [4.69, 9.17) is 9.63 Å². The second kappa shape index (κ2) is 3.82. The summed E-state index contributed by atoms with van der Waals surface area (Å²) in [6.45, 7) is 3.83.